The molecule has 29 heavy (non-hydrogen) atoms. The largest absolute Gasteiger partial charge is 0.494 e. The van der Waals surface area contributed by atoms with Crippen LogP contribution in [0, 0.1) is 0 Å². The maximum atomic E-state index is 6.56. The average Bonchev–Trinajstić information content (AvgIpc) is 3.20. The zero-order valence-electron chi connectivity index (χ0n) is 17.0. The van der Waals surface area contributed by atoms with Gasteiger partial charge in [-0.1, -0.05) is 13.3 Å². The van der Waals surface area contributed by atoms with Crippen molar-refractivity contribution >= 4 is 22.8 Å². The van der Waals surface area contributed by atoms with E-state index in [2.05, 4.69) is 17.2 Å². The smallest absolute Gasteiger partial charge is 0.177 e. The average molecular weight is 395 g/mol. The summed E-state index contributed by atoms with van der Waals surface area (Å²) in [6.45, 7) is 2.90. The van der Waals surface area contributed by atoms with Crippen LogP contribution in [0.15, 0.2) is 36.7 Å². The standard InChI is InChI=1S/C22H30N6O/c1-2-3-14-29-18-10-8-17(9-11-18)26-21-19(15-4-6-16(23)7-5-15)20(24)22-25-12-13-28(22)27-21/h8-13,15-16H,2-7,14,23-24H2,1H3,(H,26,27). The molecule has 3 aromatic rings. The lowest BCUT2D eigenvalue weighted by molar-refractivity contribution is 0.309. The number of ether oxygens (including phenoxy) is 1. The number of hydrogen-bond acceptors (Lipinski definition) is 6. The number of nitrogens with one attached hydrogen (secondary N) is 1. The minimum absolute atomic E-state index is 0.284. The van der Waals surface area contributed by atoms with Crippen LogP contribution >= 0.6 is 0 Å². The number of benzene rings is 1. The highest BCUT2D eigenvalue weighted by molar-refractivity contribution is 5.76. The van der Waals surface area contributed by atoms with Gasteiger partial charge in [0.25, 0.3) is 0 Å². The summed E-state index contributed by atoms with van der Waals surface area (Å²) >= 11 is 0. The van der Waals surface area contributed by atoms with Crippen LogP contribution < -0.4 is 21.5 Å². The molecule has 2 heterocycles. The van der Waals surface area contributed by atoms with Crippen molar-refractivity contribution in [2.75, 3.05) is 17.7 Å². The van der Waals surface area contributed by atoms with Gasteiger partial charge in [-0.05, 0) is 62.3 Å². The predicted molar refractivity (Wildman–Crippen MR) is 117 cm³/mol. The number of aromatic nitrogens is 3. The summed E-state index contributed by atoms with van der Waals surface area (Å²) in [4.78, 5) is 4.39. The predicted octanol–water partition coefficient (Wildman–Crippen LogP) is 4.22. The summed E-state index contributed by atoms with van der Waals surface area (Å²) in [7, 11) is 0. The van der Waals surface area contributed by atoms with E-state index in [1.807, 2.05) is 30.5 Å². The van der Waals surface area contributed by atoms with Gasteiger partial charge >= 0.3 is 0 Å². The molecule has 7 heteroatoms. The monoisotopic (exact) mass is 394 g/mol. The Hall–Kier alpha value is -2.80. The maximum Gasteiger partial charge on any atom is 0.177 e. The first-order chi connectivity index (χ1) is 14.2. The van der Waals surface area contributed by atoms with E-state index in [0.717, 1.165) is 68.0 Å². The summed E-state index contributed by atoms with van der Waals surface area (Å²) < 4.78 is 7.49. The third kappa shape index (κ3) is 4.29. The van der Waals surface area contributed by atoms with Gasteiger partial charge in [-0.3, -0.25) is 0 Å². The number of rotatable bonds is 7. The van der Waals surface area contributed by atoms with Crippen molar-refractivity contribution in [3.8, 4) is 5.75 Å². The molecular weight excluding hydrogens is 364 g/mol. The van der Waals surface area contributed by atoms with Crippen molar-refractivity contribution < 1.29 is 4.74 Å². The molecule has 154 valence electrons. The molecule has 1 saturated carbocycles. The van der Waals surface area contributed by atoms with E-state index in [4.69, 9.17) is 21.3 Å². The molecule has 4 rings (SSSR count). The van der Waals surface area contributed by atoms with Crippen LogP contribution in [0.25, 0.3) is 5.65 Å². The number of hydrogen-bond donors (Lipinski definition) is 3. The van der Waals surface area contributed by atoms with Gasteiger partial charge in [0.1, 0.15) is 5.75 Å². The normalized spacial score (nSPS) is 19.4. The fraction of sp³-hybridized carbons (Fsp3) is 0.455. The first-order valence-corrected chi connectivity index (χ1v) is 10.5. The van der Waals surface area contributed by atoms with Crippen molar-refractivity contribution in [3.05, 3.63) is 42.2 Å². The van der Waals surface area contributed by atoms with Crippen LogP contribution in [-0.2, 0) is 0 Å². The Morgan fingerprint density at radius 3 is 2.66 bits per heavy atom. The van der Waals surface area contributed by atoms with Crippen LogP contribution in [0.1, 0.15) is 56.9 Å². The van der Waals surface area contributed by atoms with Gasteiger partial charge in [0.05, 0.1) is 12.3 Å². The number of nitrogens with two attached hydrogens (primary N) is 2. The lowest BCUT2D eigenvalue weighted by Gasteiger charge is -2.28. The lowest BCUT2D eigenvalue weighted by atomic mass is 9.81. The Balaban J connectivity index is 1.61. The summed E-state index contributed by atoms with van der Waals surface area (Å²) in [5.41, 5.74) is 16.1. The fourth-order valence-electron chi connectivity index (χ4n) is 4.00. The second-order valence-corrected chi connectivity index (χ2v) is 7.83. The SMILES string of the molecule is CCCCOc1ccc(Nc2nn3ccnc3c(N)c2C2CCC(N)CC2)cc1. The van der Waals surface area contributed by atoms with Gasteiger partial charge in [0, 0.05) is 29.7 Å². The Kier molecular flexibility index (Phi) is 5.85. The van der Waals surface area contributed by atoms with Crippen molar-refractivity contribution in [2.45, 2.75) is 57.4 Å². The van der Waals surface area contributed by atoms with Crippen molar-refractivity contribution in [3.63, 3.8) is 0 Å². The van der Waals surface area contributed by atoms with E-state index >= 15 is 0 Å². The first-order valence-electron chi connectivity index (χ1n) is 10.5. The van der Waals surface area contributed by atoms with E-state index in [1.165, 1.54) is 0 Å². The Labute approximate surface area is 171 Å². The first kappa shape index (κ1) is 19.5. The van der Waals surface area contributed by atoms with Crippen LogP contribution in [0.4, 0.5) is 17.2 Å². The molecule has 2 aromatic heterocycles. The molecule has 0 unspecified atom stereocenters. The van der Waals surface area contributed by atoms with Crippen LogP contribution in [0.5, 0.6) is 5.75 Å². The summed E-state index contributed by atoms with van der Waals surface area (Å²) in [5.74, 6) is 2.00. The number of fused-ring (bicyclic) bond motifs is 1. The third-order valence-corrected chi connectivity index (χ3v) is 5.68. The number of nitrogens with zero attached hydrogens (tertiary/aromatic N) is 3. The maximum absolute atomic E-state index is 6.56. The molecule has 0 saturated heterocycles. The highest BCUT2D eigenvalue weighted by atomic mass is 16.5. The highest BCUT2D eigenvalue weighted by Gasteiger charge is 2.27. The van der Waals surface area contributed by atoms with Crippen LogP contribution in [0.2, 0.25) is 0 Å². The molecule has 7 nitrogen and oxygen atoms in total. The number of imidazole rings is 1. The van der Waals surface area contributed by atoms with Gasteiger partial charge in [-0.25, -0.2) is 9.50 Å². The van der Waals surface area contributed by atoms with E-state index in [9.17, 15) is 0 Å². The molecule has 0 bridgehead atoms. The van der Waals surface area contributed by atoms with Gasteiger partial charge < -0.3 is 21.5 Å². The van der Waals surface area contributed by atoms with Crippen molar-refractivity contribution in [2.24, 2.45) is 5.73 Å². The Bertz CT molecular complexity index is 944. The topological polar surface area (TPSA) is 103 Å². The number of anilines is 3. The number of nitrogen functional groups attached to an aromatic ring is 1. The Morgan fingerprint density at radius 1 is 1.17 bits per heavy atom. The molecule has 1 aromatic carbocycles. The van der Waals surface area contributed by atoms with E-state index in [1.54, 1.807) is 10.7 Å². The molecule has 1 aliphatic carbocycles. The molecule has 1 fully saturated rings. The van der Waals surface area contributed by atoms with E-state index < -0.39 is 0 Å². The second kappa shape index (κ2) is 8.69. The van der Waals surface area contributed by atoms with E-state index in [-0.39, 0.29) is 6.04 Å². The minimum Gasteiger partial charge on any atom is -0.494 e. The fourth-order valence-corrected chi connectivity index (χ4v) is 4.00. The molecule has 0 spiro atoms. The van der Waals surface area contributed by atoms with E-state index in [0.29, 0.717) is 17.3 Å². The molecule has 0 radical (unpaired) electrons. The molecular formula is C22H30N6O. The Morgan fingerprint density at radius 2 is 1.93 bits per heavy atom. The molecule has 1 aliphatic rings. The minimum atomic E-state index is 0.284. The lowest BCUT2D eigenvalue weighted by Crippen LogP contribution is -2.26. The van der Waals surface area contributed by atoms with Crippen molar-refractivity contribution in [1.29, 1.82) is 0 Å². The molecule has 0 aliphatic heterocycles. The molecule has 5 N–H and O–H groups in total. The van der Waals surface area contributed by atoms with Crippen LogP contribution in [0.3, 0.4) is 0 Å². The second-order valence-electron chi connectivity index (χ2n) is 7.83. The third-order valence-electron chi connectivity index (χ3n) is 5.68. The van der Waals surface area contributed by atoms with Gasteiger partial charge in [-0.15, -0.1) is 5.10 Å². The summed E-state index contributed by atoms with van der Waals surface area (Å²) in [6.07, 6.45) is 9.78. The zero-order valence-corrected chi connectivity index (χ0v) is 17.0. The van der Waals surface area contributed by atoms with Gasteiger partial charge in [0.15, 0.2) is 11.5 Å². The summed E-state index contributed by atoms with van der Waals surface area (Å²) in [5, 5.41) is 8.24. The number of unbranched alkanes of at least 4 members (excludes halogenated alkanes) is 1. The molecule has 0 amide bonds. The van der Waals surface area contributed by atoms with Crippen molar-refractivity contribution in [1.82, 2.24) is 14.6 Å². The van der Waals surface area contributed by atoms with Gasteiger partial charge in [-0.2, -0.15) is 0 Å². The summed E-state index contributed by atoms with van der Waals surface area (Å²) in [6, 6.07) is 8.27. The quantitative estimate of drug-likeness (QED) is 0.518. The van der Waals surface area contributed by atoms with Gasteiger partial charge in [0.2, 0.25) is 0 Å². The molecule has 0 atom stereocenters. The zero-order chi connectivity index (χ0) is 20.2. The van der Waals surface area contributed by atoms with Crippen LogP contribution in [-0.4, -0.2) is 27.2 Å². The highest BCUT2D eigenvalue weighted by Crippen LogP contribution is 2.40.